The molecule has 2 aromatic carbocycles. The molecule has 0 radical (unpaired) electrons. The standard InChI is InChI=1S/C24H24BrN3O/c1-5-28-22-10-9-17(12-21(22)16(2)14-24(28,3)4)11-18(15-26)23(29)27-20-8-6-7-19(25)13-20/h6-14H,5H2,1-4H3,(H,27,29)/b18-11+. The maximum Gasteiger partial charge on any atom is 0.266 e. The topological polar surface area (TPSA) is 56.1 Å². The molecule has 0 saturated heterocycles. The molecular formula is C24H24BrN3O. The monoisotopic (exact) mass is 449 g/mol. The summed E-state index contributed by atoms with van der Waals surface area (Å²) in [5, 5.41) is 12.3. The van der Waals surface area contributed by atoms with Crippen LogP contribution in [-0.2, 0) is 4.79 Å². The van der Waals surface area contributed by atoms with Crippen molar-refractivity contribution < 1.29 is 4.79 Å². The van der Waals surface area contributed by atoms with Crippen LogP contribution < -0.4 is 10.2 Å². The second-order valence-corrected chi connectivity index (χ2v) is 8.55. The molecule has 2 aromatic rings. The molecule has 0 aliphatic carbocycles. The number of amides is 1. The summed E-state index contributed by atoms with van der Waals surface area (Å²) in [5.74, 6) is -0.424. The van der Waals surface area contributed by atoms with Crippen LogP contribution in [0.25, 0.3) is 11.6 Å². The number of likely N-dealkylation sites (N-methyl/N-ethyl adjacent to an activating group) is 1. The van der Waals surface area contributed by atoms with E-state index in [9.17, 15) is 10.1 Å². The summed E-state index contributed by atoms with van der Waals surface area (Å²) >= 11 is 3.38. The summed E-state index contributed by atoms with van der Waals surface area (Å²) in [4.78, 5) is 14.9. The summed E-state index contributed by atoms with van der Waals surface area (Å²) in [5.41, 5.74) is 4.97. The number of hydrogen-bond donors (Lipinski definition) is 1. The van der Waals surface area contributed by atoms with Crippen LogP contribution in [0.1, 0.15) is 38.8 Å². The zero-order valence-corrected chi connectivity index (χ0v) is 18.7. The first-order valence-electron chi connectivity index (χ1n) is 9.55. The van der Waals surface area contributed by atoms with Crippen molar-refractivity contribution in [3.8, 4) is 6.07 Å². The number of fused-ring (bicyclic) bond motifs is 1. The molecule has 4 nitrogen and oxygen atoms in total. The summed E-state index contributed by atoms with van der Waals surface area (Å²) in [7, 11) is 0. The molecule has 0 atom stereocenters. The van der Waals surface area contributed by atoms with E-state index in [-0.39, 0.29) is 11.1 Å². The van der Waals surface area contributed by atoms with E-state index < -0.39 is 5.91 Å². The van der Waals surface area contributed by atoms with E-state index >= 15 is 0 Å². The van der Waals surface area contributed by atoms with Gasteiger partial charge in [0.15, 0.2) is 0 Å². The smallest absolute Gasteiger partial charge is 0.266 e. The van der Waals surface area contributed by atoms with Crippen molar-refractivity contribution in [1.29, 1.82) is 5.26 Å². The molecule has 0 saturated carbocycles. The number of rotatable bonds is 4. The predicted octanol–water partition coefficient (Wildman–Crippen LogP) is 6.02. The number of nitriles is 1. The first kappa shape index (κ1) is 20.9. The highest BCUT2D eigenvalue weighted by molar-refractivity contribution is 9.10. The fourth-order valence-electron chi connectivity index (χ4n) is 3.85. The molecule has 1 aliphatic heterocycles. The molecule has 1 aliphatic rings. The van der Waals surface area contributed by atoms with Gasteiger partial charge in [0.2, 0.25) is 0 Å². The van der Waals surface area contributed by atoms with Crippen molar-refractivity contribution in [2.75, 3.05) is 16.8 Å². The van der Waals surface area contributed by atoms with Gasteiger partial charge in [-0.15, -0.1) is 0 Å². The maximum atomic E-state index is 12.6. The lowest BCUT2D eigenvalue weighted by Gasteiger charge is -2.42. The van der Waals surface area contributed by atoms with E-state index in [1.165, 1.54) is 11.3 Å². The Morgan fingerprint density at radius 2 is 2.03 bits per heavy atom. The molecule has 0 spiro atoms. The van der Waals surface area contributed by atoms with Crippen LogP contribution in [-0.4, -0.2) is 18.0 Å². The van der Waals surface area contributed by atoms with Crippen molar-refractivity contribution in [1.82, 2.24) is 0 Å². The minimum absolute atomic E-state index is 0.0507. The molecule has 1 heterocycles. The number of halogens is 1. The number of anilines is 2. The number of nitrogens with one attached hydrogen (secondary N) is 1. The van der Waals surface area contributed by atoms with Gasteiger partial charge in [-0.3, -0.25) is 4.79 Å². The van der Waals surface area contributed by atoms with Gasteiger partial charge in [0, 0.05) is 28.0 Å². The highest BCUT2D eigenvalue weighted by atomic mass is 79.9. The van der Waals surface area contributed by atoms with Gasteiger partial charge in [0.1, 0.15) is 11.6 Å². The Morgan fingerprint density at radius 3 is 2.69 bits per heavy atom. The average molecular weight is 450 g/mol. The van der Waals surface area contributed by atoms with Gasteiger partial charge >= 0.3 is 0 Å². The molecule has 1 N–H and O–H groups in total. The van der Waals surface area contributed by atoms with Crippen LogP contribution >= 0.6 is 15.9 Å². The normalized spacial score (nSPS) is 15.2. The number of benzene rings is 2. The SMILES string of the molecule is CCN1c2ccc(/C=C(\C#N)C(=O)Nc3cccc(Br)c3)cc2C(C)=CC1(C)C. The minimum atomic E-state index is -0.424. The Hall–Kier alpha value is -2.84. The van der Waals surface area contributed by atoms with Crippen molar-refractivity contribution >= 4 is 44.9 Å². The number of carbonyl (C=O) groups is 1. The Morgan fingerprint density at radius 1 is 1.28 bits per heavy atom. The lowest BCUT2D eigenvalue weighted by molar-refractivity contribution is -0.112. The van der Waals surface area contributed by atoms with Gasteiger partial charge < -0.3 is 10.2 Å². The van der Waals surface area contributed by atoms with Crippen molar-refractivity contribution in [3.05, 3.63) is 69.7 Å². The number of carbonyl (C=O) groups excluding carboxylic acids is 1. The van der Waals surface area contributed by atoms with Gasteiger partial charge in [0.25, 0.3) is 5.91 Å². The maximum absolute atomic E-state index is 12.6. The Balaban J connectivity index is 1.92. The fourth-order valence-corrected chi connectivity index (χ4v) is 4.25. The van der Waals surface area contributed by atoms with Gasteiger partial charge in [-0.1, -0.05) is 34.1 Å². The summed E-state index contributed by atoms with van der Waals surface area (Å²) in [6.07, 6.45) is 3.90. The van der Waals surface area contributed by atoms with Crippen LogP contribution in [0.5, 0.6) is 0 Å². The largest absolute Gasteiger partial charge is 0.363 e. The van der Waals surface area contributed by atoms with Crippen molar-refractivity contribution in [2.45, 2.75) is 33.2 Å². The van der Waals surface area contributed by atoms with Gasteiger partial charge in [-0.05, 0) is 75.2 Å². The minimum Gasteiger partial charge on any atom is -0.363 e. The fraction of sp³-hybridized carbons (Fsp3) is 0.250. The van der Waals surface area contributed by atoms with Crippen molar-refractivity contribution in [2.24, 2.45) is 0 Å². The third-order valence-corrected chi connectivity index (χ3v) is 5.57. The lowest BCUT2D eigenvalue weighted by Crippen LogP contribution is -2.44. The molecule has 29 heavy (non-hydrogen) atoms. The number of hydrogen-bond acceptors (Lipinski definition) is 3. The first-order valence-corrected chi connectivity index (χ1v) is 10.3. The summed E-state index contributed by atoms with van der Waals surface area (Å²) in [6.45, 7) is 9.56. The van der Waals surface area contributed by atoms with Crippen molar-refractivity contribution in [3.63, 3.8) is 0 Å². The quantitative estimate of drug-likeness (QED) is 0.458. The van der Waals surface area contributed by atoms with E-state index in [0.29, 0.717) is 5.69 Å². The average Bonchev–Trinajstić information content (AvgIpc) is 2.66. The first-order chi connectivity index (χ1) is 13.7. The highest BCUT2D eigenvalue weighted by Gasteiger charge is 2.30. The molecule has 0 bridgehead atoms. The van der Waals surface area contributed by atoms with Crippen LogP contribution in [0.3, 0.4) is 0 Å². The van der Waals surface area contributed by atoms with Gasteiger partial charge in [-0.2, -0.15) is 5.26 Å². The van der Waals surface area contributed by atoms with E-state index in [1.807, 2.05) is 30.3 Å². The second-order valence-electron chi connectivity index (χ2n) is 7.64. The number of nitrogens with zero attached hydrogens (tertiary/aromatic N) is 2. The Bertz CT molecular complexity index is 1060. The zero-order chi connectivity index (χ0) is 21.2. The molecule has 5 heteroatoms. The Labute approximate surface area is 180 Å². The van der Waals surface area contributed by atoms with E-state index in [2.05, 4.69) is 66.0 Å². The van der Waals surface area contributed by atoms with E-state index in [1.54, 1.807) is 18.2 Å². The molecule has 0 fully saturated rings. The summed E-state index contributed by atoms with van der Waals surface area (Å²) < 4.78 is 0.859. The van der Waals surface area contributed by atoms with Crippen LogP contribution in [0, 0.1) is 11.3 Å². The van der Waals surface area contributed by atoms with Gasteiger partial charge in [-0.25, -0.2) is 0 Å². The third kappa shape index (κ3) is 4.44. The number of allylic oxidation sites excluding steroid dienone is 1. The second kappa shape index (κ2) is 8.26. The molecule has 0 aromatic heterocycles. The predicted molar refractivity (Wildman–Crippen MR) is 124 cm³/mol. The molecule has 0 unspecified atom stereocenters. The van der Waals surface area contributed by atoms with E-state index in [4.69, 9.17) is 0 Å². The third-order valence-electron chi connectivity index (χ3n) is 5.08. The zero-order valence-electron chi connectivity index (χ0n) is 17.1. The summed E-state index contributed by atoms with van der Waals surface area (Å²) in [6, 6.07) is 15.4. The van der Waals surface area contributed by atoms with Crippen LogP contribution in [0.15, 0.2) is 58.6 Å². The molecule has 3 rings (SSSR count). The molecule has 1 amide bonds. The van der Waals surface area contributed by atoms with Crippen LogP contribution in [0.4, 0.5) is 11.4 Å². The lowest BCUT2D eigenvalue weighted by atomic mass is 9.88. The van der Waals surface area contributed by atoms with Crippen LogP contribution in [0.2, 0.25) is 0 Å². The highest BCUT2D eigenvalue weighted by Crippen LogP contribution is 2.39. The molecular weight excluding hydrogens is 426 g/mol. The van der Waals surface area contributed by atoms with E-state index in [0.717, 1.165) is 22.1 Å². The van der Waals surface area contributed by atoms with Gasteiger partial charge in [0.05, 0.1) is 5.54 Å². The molecule has 148 valence electrons. The Kier molecular flexibility index (Phi) is 5.95.